The van der Waals surface area contributed by atoms with Gasteiger partial charge in [0, 0.05) is 18.7 Å². The molecule has 1 atom stereocenters. The summed E-state index contributed by atoms with van der Waals surface area (Å²) in [6.45, 7) is 6.91. The predicted octanol–water partition coefficient (Wildman–Crippen LogP) is -0.296. The molecule has 1 amide bonds. The van der Waals surface area contributed by atoms with Crippen molar-refractivity contribution in [2.24, 2.45) is 5.84 Å². The van der Waals surface area contributed by atoms with Crippen LogP contribution >= 0.6 is 0 Å². The number of anilines is 2. The average molecular weight is 250 g/mol. The van der Waals surface area contributed by atoms with E-state index in [-0.39, 0.29) is 11.9 Å². The lowest BCUT2D eigenvalue weighted by Crippen LogP contribution is -2.54. The summed E-state index contributed by atoms with van der Waals surface area (Å²) < 4.78 is 0. The number of carbonyl (C=O) groups is 1. The fraction of sp³-hybridized carbons (Fsp3) is 0.545. The highest BCUT2D eigenvalue weighted by atomic mass is 16.2. The van der Waals surface area contributed by atoms with Crippen molar-refractivity contribution in [2.45, 2.75) is 26.8 Å². The van der Waals surface area contributed by atoms with Crippen molar-refractivity contribution in [1.82, 2.24) is 15.3 Å². The highest BCUT2D eigenvalue weighted by Gasteiger charge is 2.28. The number of nitrogens with two attached hydrogens (primary N) is 1. The zero-order valence-corrected chi connectivity index (χ0v) is 10.8. The zero-order chi connectivity index (χ0) is 13.3. The summed E-state index contributed by atoms with van der Waals surface area (Å²) in [4.78, 5) is 22.3. The Balaban J connectivity index is 2.43. The van der Waals surface area contributed by atoms with E-state index < -0.39 is 0 Å². The molecule has 0 spiro atoms. The molecular weight excluding hydrogens is 232 g/mol. The molecule has 2 rings (SSSR count). The Morgan fingerprint density at radius 1 is 1.44 bits per heavy atom. The van der Waals surface area contributed by atoms with Crippen molar-refractivity contribution in [3.63, 3.8) is 0 Å². The number of nitrogens with one attached hydrogen (secondary N) is 2. The first kappa shape index (κ1) is 12.6. The van der Waals surface area contributed by atoms with E-state index in [1.165, 1.54) is 0 Å². The smallest absolute Gasteiger partial charge is 0.242 e. The summed E-state index contributed by atoms with van der Waals surface area (Å²) in [5.74, 6) is 7.44. The summed E-state index contributed by atoms with van der Waals surface area (Å²) in [7, 11) is 0. The van der Waals surface area contributed by atoms with Crippen LogP contribution in [0.2, 0.25) is 0 Å². The lowest BCUT2D eigenvalue weighted by Gasteiger charge is -2.34. The lowest BCUT2D eigenvalue weighted by atomic mass is 10.1. The molecule has 4 N–H and O–H groups in total. The molecule has 98 valence electrons. The number of nitrogen functional groups attached to an aromatic ring is 1. The van der Waals surface area contributed by atoms with Gasteiger partial charge >= 0.3 is 0 Å². The highest BCUT2D eigenvalue weighted by molar-refractivity contribution is 5.86. The molecule has 0 aliphatic carbocycles. The Morgan fingerprint density at radius 3 is 2.83 bits per heavy atom. The number of nitrogens with zero attached hydrogens (tertiary/aromatic N) is 3. The Kier molecular flexibility index (Phi) is 3.33. The topological polar surface area (TPSA) is 96.2 Å². The van der Waals surface area contributed by atoms with Gasteiger partial charge in [0.1, 0.15) is 23.5 Å². The van der Waals surface area contributed by atoms with Crippen molar-refractivity contribution in [1.29, 1.82) is 0 Å². The number of amides is 1. The predicted molar refractivity (Wildman–Crippen MR) is 69.1 cm³/mol. The number of hydrogen-bond acceptors (Lipinski definition) is 6. The van der Waals surface area contributed by atoms with Crippen LogP contribution < -0.4 is 21.5 Å². The molecule has 1 aliphatic rings. The number of piperazine rings is 1. The Morgan fingerprint density at radius 2 is 2.17 bits per heavy atom. The SMILES string of the molecule is Cc1nc(NN)c(C)c(N2CCNC(=O)C2C)n1. The molecule has 7 nitrogen and oxygen atoms in total. The van der Waals surface area contributed by atoms with Crippen molar-refractivity contribution >= 4 is 17.5 Å². The molecule has 1 saturated heterocycles. The molecule has 1 unspecified atom stereocenters. The minimum atomic E-state index is -0.239. The molecule has 0 radical (unpaired) electrons. The van der Waals surface area contributed by atoms with Crippen LogP contribution in [0.15, 0.2) is 0 Å². The quantitative estimate of drug-likeness (QED) is 0.493. The molecular formula is C11H18N6O. The standard InChI is InChI=1S/C11H18N6O/c1-6-9(16-12)14-8(3)15-10(6)17-5-4-13-11(18)7(17)2/h7H,4-5,12H2,1-3H3,(H,13,18)(H,14,15,16). The van der Waals surface area contributed by atoms with Gasteiger partial charge in [-0.1, -0.05) is 0 Å². The second-order valence-electron chi connectivity index (χ2n) is 4.37. The van der Waals surface area contributed by atoms with Crippen molar-refractivity contribution < 1.29 is 4.79 Å². The van der Waals surface area contributed by atoms with E-state index in [1.54, 1.807) is 6.92 Å². The second kappa shape index (κ2) is 4.77. The Bertz CT molecular complexity index is 475. The molecule has 7 heteroatoms. The number of hydrazine groups is 1. The Hall–Kier alpha value is -1.89. The van der Waals surface area contributed by atoms with Crippen LogP contribution in [0.25, 0.3) is 0 Å². The number of hydrogen-bond donors (Lipinski definition) is 3. The number of aryl methyl sites for hydroxylation is 1. The largest absolute Gasteiger partial charge is 0.353 e. The maximum atomic E-state index is 11.7. The highest BCUT2D eigenvalue weighted by Crippen LogP contribution is 2.25. The third-order valence-corrected chi connectivity index (χ3v) is 3.14. The molecule has 0 saturated carbocycles. The summed E-state index contributed by atoms with van der Waals surface area (Å²) >= 11 is 0. The van der Waals surface area contributed by atoms with Gasteiger partial charge in [-0.05, 0) is 20.8 Å². The van der Waals surface area contributed by atoms with E-state index in [0.29, 0.717) is 18.2 Å². The minimum absolute atomic E-state index is 0.0131. The van der Waals surface area contributed by atoms with E-state index in [9.17, 15) is 4.79 Å². The fourth-order valence-electron chi connectivity index (χ4n) is 2.11. The van der Waals surface area contributed by atoms with Crippen LogP contribution in [0, 0.1) is 13.8 Å². The summed E-state index contributed by atoms with van der Waals surface area (Å²) in [6, 6.07) is -0.239. The zero-order valence-electron chi connectivity index (χ0n) is 10.8. The van der Waals surface area contributed by atoms with E-state index in [1.807, 2.05) is 18.7 Å². The third-order valence-electron chi connectivity index (χ3n) is 3.14. The Labute approximate surface area is 106 Å². The van der Waals surface area contributed by atoms with E-state index in [0.717, 1.165) is 17.9 Å². The van der Waals surface area contributed by atoms with Gasteiger partial charge in [-0.2, -0.15) is 0 Å². The number of aromatic nitrogens is 2. The van der Waals surface area contributed by atoms with Crippen LogP contribution in [-0.4, -0.2) is 35.0 Å². The molecule has 0 bridgehead atoms. The molecule has 1 aromatic rings. The van der Waals surface area contributed by atoms with E-state index in [2.05, 4.69) is 20.7 Å². The van der Waals surface area contributed by atoms with Gasteiger partial charge < -0.3 is 15.6 Å². The van der Waals surface area contributed by atoms with Gasteiger partial charge in [0.2, 0.25) is 5.91 Å². The maximum Gasteiger partial charge on any atom is 0.242 e. The number of rotatable bonds is 2. The fourth-order valence-corrected chi connectivity index (χ4v) is 2.11. The van der Waals surface area contributed by atoms with Gasteiger partial charge in [0.25, 0.3) is 0 Å². The first-order chi connectivity index (χ1) is 8.54. The van der Waals surface area contributed by atoms with E-state index in [4.69, 9.17) is 5.84 Å². The summed E-state index contributed by atoms with van der Waals surface area (Å²) in [5.41, 5.74) is 3.41. The van der Waals surface area contributed by atoms with Crippen LogP contribution in [-0.2, 0) is 4.79 Å². The molecule has 18 heavy (non-hydrogen) atoms. The van der Waals surface area contributed by atoms with Crippen LogP contribution in [0.4, 0.5) is 11.6 Å². The molecule has 2 heterocycles. The third kappa shape index (κ3) is 2.08. The maximum absolute atomic E-state index is 11.7. The van der Waals surface area contributed by atoms with Crippen molar-refractivity contribution in [3.05, 3.63) is 11.4 Å². The monoisotopic (exact) mass is 250 g/mol. The lowest BCUT2D eigenvalue weighted by molar-refractivity contribution is -0.122. The van der Waals surface area contributed by atoms with Crippen LogP contribution in [0.5, 0.6) is 0 Å². The van der Waals surface area contributed by atoms with Gasteiger partial charge in [-0.15, -0.1) is 0 Å². The minimum Gasteiger partial charge on any atom is -0.353 e. The molecule has 0 aromatic carbocycles. The molecule has 1 fully saturated rings. The van der Waals surface area contributed by atoms with E-state index >= 15 is 0 Å². The van der Waals surface area contributed by atoms with Gasteiger partial charge in [-0.25, -0.2) is 15.8 Å². The summed E-state index contributed by atoms with van der Waals surface area (Å²) in [5, 5.41) is 2.83. The molecule has 1 aliphatic heterocycles. The average Bonchev–Trinajstić information content (AvgIpc) is 2.35. The first-order valence-corrected chi connectivity index (χ1v) is 5.90. The second-order valence-corrected chi connectivity index (χ2v) is 4.37. The van der Waals surface area contributed by atoms with Crippen molar-refractivity contribution in [2.75, 3.05) is 23.4 Å². The van der Waals surface area contributed by atoms with Crippen molar-refractivity contribution in [3.8, 4) is 0 Å². The van der Waals surface area contributed by atoms with Gasteiger partial charge in [-0.3, -0.25) is 4.79 Å². The first-order valence-electron chi connectivity index (χ1n) is 5.90. The van der Waals surface area contributed by atoms with Gasteiger partial charge in [0.05, 0.1) is 0 Å². The number of carbonyl (C=O) groups excluding carboxylic acids is 1. The van der Waals surface area contributed by atoms with Crippen LogP contribution in [0.3, 0.4) is 0 Å². The molecule has 1 aromatic heterocycles. The van der Waals surface area contributed by atoms with Gasteiger partial charge in [0.15, 0.2) is 0 Å². The summed E-state index contributed by atoms with van der Waals surface area (Å²) in [6.07, 6.45) is 0. The normalized spacial score (nSPS) is 19.7. The van der Waals surface area contributed by atoms with Crippen LogP contribution in [0.1, 0.15) is 18.3 Å².